The minimum Gasteiger partial charge on any atom is -0.486 e. The molecule has 5 rings (SSSR count). The van der Waals surface area contributed by atoms with Gasteiger partial charge < -0.3 is 29.7 Å². The summed E-state index contributed by atoms with van der Waals surface area (Å²) in [7, 11) is 2.04. The second-order valence-corrected chi connectivity index (χ2v) is 10.6. The van der Waals surface area contributed by atoms with Crippen LogP contribution in [0.1, 0.15) is 48.5 Å². The highest BCUT2D eigenvalue weighted by molar-refractivity contribution is 5.83. The van der Waals surface area contributed by atoms with E-state index in [-0.39, 0.29) is 13.0 Å². The van der Waals surface area contributed by atoms with Gasteiger partial charge in [0.2, 0.25) is 0 Å². The van der Waals surface area contributed by atoms with E-state index in [1.54, 1.807) is 18.2 Å². The zero-order valence-electron chi connectivity index (χ0n) is 21.9. The molecule has 0 spiro atoms. The average Bonchev–Trinajstić information content (AvgIpc) is 3.44. The lowest BCUT2D eigenvalue weighted by Crippen LogP contribution is -2.51. The van der Waals surface area contributed by atoms with E-state index in [0.717, 1.165) is 62.1 Å². The normalized spacial score (nSPS) is 19.1. The molecule has 0 aromatic heterocycles. The highest BCUT2D eigenvalue weighted by Crippen LogP contribution is 2.34. The zero-order valence-corrected chi connectivity index (χ0v) is 21.9. The van der Waals surface area contributed by atoms with Crippen LogP contribution >= 0.6 is 0 Å². The van der Waals surface area contributed by atoms with Gasteiger partial charge in [-0.15, -0.1) is 0 Å². The maximum Gasteiger partial charge on any atom is 0.324 e. The van der Waals surface area contributed by atoms with E-state index >= 15 is 8.78 Å². The second kappa shape index (κ2) is 11.5. The summed E-state index contributed by atoms with van der Waals surface area (Å²) in [6, 6.07) is 10.00. The number of rotatable bonds is 9. The molecular formula is C29H37F2N3O4. The fourth-order valence-electron chi connectivity index (χ4n) is 5.63. The molecule has 3 aliphatic heterocycles. The third-order valence-corrected chi connectivity index (χ3v) is 7.81. The molecule has 3 aliphatic rings. The molecule has 0 radical (unpaired) electrons. The molecule has 206 valence electrons. The molecule has 0 aliphatic carbocycles. The van der Waals surface area contributed by atoms with Crippen LogP contribution in [0.5, 0.6) is 11.5 Å². The molecule has 2 aromatic rings. The van der Waals surface area contributed by atoms with Crippen molar-refractivity contribution in [3.63, 3.8) is 0 Å². The zero-order chi connectivity index (χ0) is 26.7. The minimum atomic E-state index is -3.57. The maximum atomic E-state index is 15.1. The number of likely N-dealkylation sites (tertiary alicyclic amines) is 1. The summed E-state index contributed by atoms with van der Waals surface area (Å²) in [5.41, 5.74) is 3.59. The number of aryl methyl sites for hydroxylation is 2. The predicted molar refractivity (Wildman–Crippen MR) is 141 cm³/mol. The first-order valence-electron chi connectivity index (χ1n) is 13.6. The van der Waals surface area contributed by atoms with Gasteiger partial charge in [0.15, 0.2) is 11.5 Å². The lowest BCUT2D eigenvalue weighted by molar-refractivity contribution is -0.148. The molecule has 2 aromatic carbocycles. The van der Waals surface area contributed by atoms with E-state index < -0.39 is 30.4 Å². The Morgan fingerprint density at radius 1 is 1.05 bits per heavy atom. The van der Waals surface area contributed by atoms with Crippen molar-refractivity contribution in [2.24, 2.45) is 0 Å². The van der Waals surface area contributed by atoms with E-state index in [9.17, 15) is 9.90 Å². The number of benzene rings is 2. The summed E-state index contributed by atoms with van der Waals surface area (Å²) in [6.45, 7) is 3.74. The highest BCUT2D eigenvalue weighted by Gasteiger charge is 2.41. The number of nitrogens with one attached hydrogen (secondary N) is 1. The summed E-state index contributed by atoms with van der Waals surface area (Å²) in [4.78, 5) is 17.1. The molecule has 7 nitrogen and oxygen atoms in total. The number of amides is 1. The maximum absolute atomic E-state index is 15.1. The molecular weight excluding hydrogens is 492 g/mol. The van der Waals surface area contributed by atoms with E-state index in [1.165, 1.54) is 0 Å². The summed E-state index contributed by atoms with van der Waals surface area (Å²) in [5, 5.41) is 13.7. The Morgan fingerprint density at radius 3 is 2.61 bits per heavy atom. The van der Waals surface area contributed by atoms with Gasteiger partial charge in [-0.3, -0.25) is 4.79 Å². The van der Waals surface area contributed by atoms with Crippen molar-refractivity contribution in [2.45, 2.75) is 56.6 Å². The van der Waals surface area contributed by atoms with Gasteiger partial charge in [-0.2, -0.15) is 8.78 Å². The molecule has 1 amide bonds. The van der Waals surface area contributed by atoms with Crippen LogP contribution in [0.15, 0.2) is 36.4 Å². The Morgan fingerprint density at radius 2 is 1.82 bits per heavy atom. The number of nitrogens with zero attached hydrogens (tertiary/aromatic N) is 2. The van der Waals surface area contributed by atoms with Crippen LogP contribution in [-0.2, 0) is 17.6 Å². The summed E-state index contributed by atoms with van der Waals surface area (Å²) in [6.07, 6.45) is 2.31. The number of aliphatic hydroxyl groups excluding tert-OH is 1. The molecule has 38 heavy (non-hydrogen) atoms. The van der Waals surface area contributed by atoms with Gasteiger partial charge >= 0.3 is 5.92 Å². The first-order chi connectivity index (χ1) is 18.3. The van der Waals surface area contributed by atoms with Gasteiger partial charge in [-0.1, -0.05) is 18.2 Å². The number of hydrogen-bond acceptors (Lipinski definition) is 6. The van der Waals surface area contributed by atoms with Crippen LogP contribution in [0.4, 0.5) is 14.5 Å². The summed E-state index contributed by atoms with van der Waals surface area (Å²) < 4.78 is 41.4. The number of ether oxygens (including phenoxy) is 2. The molecule has 0 bridgehead atoms. The number of carbonyl (C=O) groups is 1. The van der Waals surface area contributed by atoms with Crippen LogP contribution in [0.2, 0.25) is 0 Å². The van der Waals surface area contributed by atoms with Crippen LogP contribution in [-0.4, -0.2) is 74.3 Å². The number of hydrogen-bond donors (Lipinski definition) is 2. The Kier molecular flexibility index (Phi) is 8.04. The Labute approximate surface area is 222 Å². The highest BCUT2D eigenvalue weighted by atomic mass is 19.3. The van der Waals surface area contributed by atoms with Gasteiger partial charge in [0.1, 0.15) is 19.3 Å². The largest absolute Gasteiger partial charge is 0.486 e. The van der Waals surface area contributed by atoms with Crippen molar-refractivity contribution >= 4 is 11.6 Å². The molecule has 1 fully saturated rings. The number of carbonyl (C=O) groups excluding carboxylic acids is 1. The number of anilines is 1. The fourth-order valence-corrected chi connectivity index (χ4v) is 5.63. The standard InChI is InChI=1S/C29H37F2N3O4/c1-33-12-4-5-21-17-20(6-8-24(21)33)10-11-29(30,31)28(36)32-23(19-34-13-2-3-14-34)27(35)22-7-9-25-26(18-22)38-16-15-37-25/h6-9,17-18,23,27,35H,2-5,10-16,19H2,1H3,(H,32,36)/t23-,27-/m1/s1. The smallest absolute Gasteiger partial charge is 0.324 e. The predicted octanol–water partition coefficient (Wildman–Crippen LogP) is 3.72. The lowest BCUT2D eigenvalue weighted by atomic mass is 9.96. The average molecular weight is 530 g/mol. The third kappa shape index (κ3) is 6.04. The lowest BCUT2D eigenvalue weighted by Gasteiger charge is -2.30. The monoisotopic (exact) mass is 529 g/mol. The Hall–Kier alpha value is -2.91. The van der Waals surface area contributed by atoms with Crippen molar-refractivity contribution in [1.29, 1.82) is 0 Å². The quantitative estimate of drug-likeness (QED) is 0.516. The first-order valence-corrected chi connectivity index (χ1v) is 13.6. The second-order valence-electron chi connectivity index (χ2n) is 10.6. The number of fused-ring (bicyclic) bond motifs is 2. The molecule has 3 heterocycles. The fraction of sp³-hybridized carbons (Fsp3) is 0.552. The van der Waals surface area contributed by atoms with Crippen molar-refractivity contribution in [3.05, 3.63) is 53.1 Å². The van der Waals surface area contributed by atoms with Gasteiger partial charge in [0, 0.05) is 32.2 Å². The van der Waals surface area contributed by atoms with Crippen LogP contribution < -0.4 is 19.7 Å². The van der Waals surface area contributed by atoms with Gasteiger partial charge in [0.05, 0.1) is 6.04 Å². The van der Waals surface area contributed by atoms with Crippen LogP contribution in [0, 0.1) is 0 Å². The number of halogens is 2. The molecule has 2 atom stereocenters. The van der Waals surface area contributed by atoms with Crippen molar-refractivity contribution in [1.82, 2.24) is 10.2 Å². The summed E-state index contributed by atoms with van der Waals surface area (Å²) >= 11 is 0. The van der Waals surface area contributed by atoms with Gasteiger partial charge in [0.25, 0.3) is 5.91 Å². The van der Waals surface area contributed by atoms with Gasteiger partial charge in [-0.25, -0.2) is 0 Å². The van der Waals surface area contributed by atoms with Crippen molar-refractivity contribution < 1.29 is 28.2 Å². The molecule has 1 saturated heterocycles. The van der Waals surface area contributed by atoms with Crippen molar-refractivity contribution in [3.8, 4) is 11.5 Å². The summed E-state index contributed by atoms with van der Waals surface area (Å²) in [5.74, 6) is -3.84. The van der Waals surface area contributed by atoms with E-state index in [2.05, 4.69) is 15.1 Å². The van der Waals surface area contributed by atoms with Crippen molar-refractivity contribution in [2.75, 3.05) is 51.3 Å². The molecule has 0 unspecified atom stereocenters. The molecule has 2 N–H and O–H groups in total. The van der Waals surface area contributed by atoms with Gasteiger partial charge in [-0.05, 0) is 80.1 Å². The third-order valence-electron chi connectivity index (χ3n) is 7.81. The Bertz CT molecular complexity index is 1140. The first kappa shape index (κ1) is 26.7. The number of aliphatic hydroxyl groups is 1. The SMILES string of the molecule is CN1CCCc2cc(CCC(F)(F)C(=O)N[C@H](CN3CCCC3)[C@H](O)c3ccc4c(c3)OCCO4)ccc21. The topological polar surface area (TPSA) is 74.3 Å². The molecule has 9 heteroatoms. The van der Waals surface area contributed by atoms with Crippen LogP contribution in [0.3, 0.4) is 0 Å². The molecule has 0 saturated carbocycles. The van der Waals surface area contributed by atoms with E-state index in [4.69, 9.17) is 9.47 Å². The Balaban J connectivity index is 1.26. The van der Waals surface area contributed by atoms with Crippen LogP contribution in [0.25, 0.3) is 0 Å². The van der Waals surface area contributed by atoms with E-state index in [1.807, 2.05) is 25.2 Å². The van der Waals surface area contributed by atoms with E-state index in [0.29, 0.717) is 30.3 Å². The minimum absolute atomic E-state index is 0.0962. The number of alkyl halides is 2.